The van der Waals surface area contributed by atoms with Gasteiger partial charge in [0.2, 0.25) is 0 Å². The first-order chi connectivity index (χ1) is 13.7. The summed E-state index contributed by atoms with van der Waals surface area (Å²) in [6, 6.07) is 11.0. The standard InChI is InChI=1S/C20H24N2O6S/c1-13(23)18-12-22(10-14-5-4-6-16(7-14)26-2)11-15-8-19(27-3)20(9-17(15)18)28-29(21,24)25/h4-9,18H,10-12H2,1-3H3,(H2,21,24,25). The van der Waals surface area contributed by atoms with Crippen molar-refractivity contribution in [2.75, 3.05) is 20.8 Å². The number of nitrogens with zero attached hydrogens (tertiary/aromatic N) is 1. The molecule has 29 heavy (non-hydrogen) atoms. The van der Waals surface area contributed by atoms with Crippen LogP contribution in [-0.4, -0.2) is 39.9 Å². The molecule has 2 aromatic carbocycles. The van der Waals surface area contributed by atoms with Gasteiger partial charge in [-0.15, -0.1) is 0 Å². The van der Waals surface area contributed by atoms with Gasteiger partial charge in [-0.1, -0.05) is 12.1 Å². The molecule has 2 aromatic rings. The number of ketones is 1. The van der Waals surface area contributed by atoms with Crippen LogP contribution in [0.25, 0.3) is 0 Å². The molecule has 1 heterocycles. The molecule has 0 amide bonds. The van der Waals surface area contributed by atoms with Crippen molar-refractivity contribution in [3.05, 3.63) is 53.1 Å². The molecule has 0 radical (unpaired) electrons. The van der Waals surface area contributed by atoms with Crippen LogP contribution >= 0.6 is 0 Å². The summed E-state index contributed by atoms with van der Waals surface area (Å²) < 4.78 is 38.2. The van der Waals surface area contributed by atoms with Gasteiger partial charge in [0.1, 0.15) is 11.5 Å². The van der Waals surface area contributed by atoms with Crippen LogP contribution in [0.3, 0.4) is 0 Å². The smallest absolute Gasteiger partial charge is 0.380 e. The van der Waals surface area contributed by atoms with Crippen LogP contribution in [0.2, 0.25) is 0 Å². The predicted octanol–water partition coefficient (Wildman–Crippen LogP) is 1.97. The van der Waals surface area contributed by atoms with Gasteiger partial charge in [0, 0.05) is 19.6 Å². The van der Waals surface area contributed by atoms with Crippen molar-refractivity contribution in [2.24, 2.45) is 5.14 Å². The molecule has 0 aromatic heterocycles. The Morgan fingerprint density at radius 1 is 1.17 bits per heavy atom. The average Bonchev–Trinajstić information content (AvgIpc) is 2.66. The monoisotopic (exact) mass is 420 g/mol. The lowest BCUT2D eigenvalue weighted by Crippen LogP contribution is -2.36. The molecule has 3 rings (SSSR count). The Morgan fingerprint density at radius 2 is 1.93 bits per heavy atom. The highest BCUT2D eigenvalue weighted by Crippen LogP contribution is 2.38. The summed E-state index contributed by atoms with van der Waals surface area (Å²) in [5.74, 6) is 0.547. The van der Waals surface area contributed by atoms with Gasteiger partial charge in [-0.25, -0.2) is 0 Å². The second-order valence-electron chi connectivity index (χ2n) is 6.96. The highest BCUT2D eigenvalue weighted by atomic mass is 32.2. The number of carbonyl (C=O) groups is 1. The van der Waals surface area contributed by atoms with E-state index in [1.807, 2.05) is 24.3 Å². The van der Waals surface area contributed by atoms with Crippen molar-refractivity contribution in [3.63, 3.8) is 0 Å². The lowest BCUT2D eigenvalue weighted by atomic mass is 9.86. The number of Topliss-reactive ketones (excluding diaryl/α,β-unsaturated/α-hetero) is 1. The Hall–Kier alpha value is -2.62. The quantitative estimate of drug-likeness (QED) is 0.729. The summed E-state index contributed by atoms with van der Waals surface area (Å²) in [4.78, 5) is 14.5. The van der Waals surface area contributed by atoms with E-state index in [0.29, 0.717) is 19.6 Å². The number of ether oxygens (including phenoxy) is 2. The Balaban J connectivity index is 1.95. The first-order valence-electron chi connectivity index (χ1n) is 8.99. The Kier molecular flexibility index (Phi) is 6.11. The van der Waals surface area contributed by atoms with E-state index < -0.39 is 16.2 Å². The number of hydrogen-bond acceptors (Lipinski definition) is 7. The van der Waals surface area contributed by atoms with Crippen LogP contribution in [0.15, 0.2) is 36.4 Å². The van der Waals surface area contributed by atoms with Crippen molar-refractivity contribution in [2.45, 2.75) is 25.9 Å². The van der Waals surface area contributed by atoms with Crippen LogP contribution < -0.4 is 18.8 Å². The van der Waals surface area contributed by atoms with Crippen molar-refractivity contribution < 1.29 is 26.9 Å². The third-order valence-corrected chi connectivity index (χ3v) is 5.28. The van der Waals surface area contributed by atoms with Crippen molar-refractivity contribution in [1.82, 2.24) is 4.90 Å². The topological polar surface area (TPSA) is 108 Å². The molecule has 2 N–H and O–H groups in total. The SMILES string of the molecule is COc1cccc(CN2Cc3cc(OC)c(OS(N)(=O)=O)cc3C(C(C)=O)C2)c1. The summed E-state index contributed by atoms with van der Waals surface area (Å²) >= 11 is 0. The first kappa shape index (κ1) is 21.1. The van der Waals surface area contributed by atoms with E-state index in [2.05, 4.69) is 4.90 Å². The van der Waals surface area contributed by atoms with E-state index in [1.165, 1.54) is 20.1 Å². The molecular weight excluding hydrogens is 396 g/mol. The third kappa shape index (κ3) is 5.06. The zero-order chi connectivity index (χ0) is 21.2. The highest BCUT2D eigenvalue weighted by molar-refractivity contribution is 7.84. The Bertz CT molecular complexity index is 1020. The molecule has 9 heteroatoms. The molecule has 0 bridgehead atoms. The molecule has 156 valence electrons. The number of fused-ring (bicyclic) bond motifs is 1. The molecule has 0 aliphatic carbocycles. The van der Waals surface area contributed by atoms with Crippen molar-refractivity contribution >= 4 is 16.1 Å². The van der Waals surface area contributed by atoms with Gasteiger partial charge in [-0.2, -0.15) is 13.6 Å². The zero-order valence-electron chi connectivity index (χ0n) is 16.5. The summed E-state index contributed by atoms with van der Waals surface area (Å²) in [6.07, 6.45) is 0. The van der Waals surface area contributed by atoms with E-state index in [1.54, 1.807) is 13.2 Å². The molecule has 8 nitrogen and oxygen atoms in total. The lowest BCUT2D eigenvalue weighted by Gasteiger charge is -2.34. The van der Waals surface area contributed by atoms with Crippen molar-refractivity contribution in [3.8, 4) is 17.2 Å². The second-order valence-corrected chi connectivity index (χ2v) is 8.11. The number of benzene rings is 2. The summed E-state index contributed by atoms with van der Waals surface area (Å²) in [7, 11) is -1.19. The number of rotatable bonds is 7. The summed E-state index contributed by atoms with van der Waals surface area (Å²) in [5, 5.41) is 5.00. The van der Waals surface area contributed by atoms with Gasteiger partial charge in [0.15, 0.2) is 11.5 Å². The van der Waals surface area contributed by atoms with Crippen LogP contribution in [0, 0.1) is 0 Å². The van der Waals surface area contributed by atoms with Gasteiger partial charge in [0.25, 0.3) is 0 Å². The first-order valence-corrected chi connectivity index (χ1v) is 10.5. The molecule has 0 saturated heterocycles. The minimum Gasteiger partial charge on any atom is -0.497 e. The molecular formula is C20H24N2O6S. The van der Waals surface area contributed by atoms with Gasteiger partial charge < -0.3 is 13.7 Å². The van der Waals surface area contributed by atoms with Crippen molar-refractivity contribution in [1.29, 1.82) is 0 Å². The minimum absolute atomic E-state index is 0.0201. The maximum absolute atomic E-state index is 12.3. The minimum atomic E-state index is -4.22. The van der Waals surface area contributed by atoms with Gasteiger partial charge in [0.05, 0.1) is 20.1 Å². The summed E-state index contributed by atoms with van der Waals surface area (Å²) in [6.45, 7) is 3.23. The number of hydrogen-bond donors (Lipinski definition) is 1. The molecule has 1 aliphatic heterocycles. The van der Waals surface area contributed by atoms with E-state index in [9.17, 15) is 13.2 Å². The van der Waals surface area contributed by atoms with E-state index in [-0.39, 0.29) is 17.3 Å². The fourth-order valence-corrected chi connectivity index (χ4v) is 3.97. The van der Waals surface area contributed by atoms with Crippen LogP contribution in [0.5, 0.6) is 17.2 Å². The second kappa shape index (κ2) is 8.40. The third-order valence-electron chi connectivity index (χ3n) is 4.87. The molecule has 1 unspecified atom stereocenters. The normalized spacial score (nSPS) is 16.8. The van der Waals surface area contributed by atoms with Crippen LogP contribution in [-0.2, 0) is 28.2 Å². The van der Waals surface area contributed by atoms with Crippen LogP contribution in [0.1, 0.15) is 29.5 Å². The maximum Gasteiger partial charge on any atom is 0.380 e. The molecule has 0 spiro atoms. The number of methoxy groups -OCH3 is 2. The Morgan fingerprint density at radius 3 is 2.55 bits per heavy atom. The molecule has 1 atom stereocenters. The largest absolute Gasteiger partial charge is 0.497 e. The lowest BCUT2D eigenvalue weighted by molar-refractivity contribution is -0.119. The van der Waals surface area contributed by atoms with Gasteiger partial charge in [-0.05, 0) is 47.9 Å². The Labute approximate surface area is 170 Å². The molecule has 1 aliphatic rings. The maximum atomic E-state index is 12.3. The molecule has 0 saturated carbocycles. The fraction of sp³-hybridized carbons (Fsp3) is 0.350. The number of carbonyl (C=O) groups excluding carboxylic acids is 1. The summed E-state index contributed by atoms with van der Waals surface area (Å²) in [5.41, 5.74) is 2.66. The van der Waals surface area contributed by atoms with Gasteiger partial charge in [-0.3, -0.25) is 9.69 Å². The van der Waals surface area contributed by atoms with Gasteiger partial charge >= 0.3 is 10.3 Å². The fourth-order valence-electron chi connectivity index (χ4n) is 3.59. The van der Waals surface area contributed by atoms with E-state index >= 15 is 0 Å². The van der Waals surface area contributed by atoms with E-state index in [0.717, 1.165) is 22.4 Å². The zero-order valence-corrected chi connectivity index (χ0v) is 17.4. The van der Waals surface area contributed by atoms with E-state index in [4.69, 9.17) is 18.8 Å². The predicted molar refractivity (Wildman–Crippen MR) is 107 cm³/mol. The highest BCUT2D eigenvalue weighted by Gasteiger charge is 2.30. The van der Waals surface area contributed by atoms with Crippen LogP contribution in [0.4, 0.5) is 0 Å². The number of nitrogens with two attached hydrogens (primary N) is 1. The average molecular weight is 420 g/mol. The molecule has 0 fully saturated rings.